The van der Waals surface area contributed by atoms with Gasteiger partial charge in [-0.3, -0.25) is 4.21 Å². The minimum absolute atomic E-state index is 0.339. The second-order valence-corrected chi connectivity index (χ2v) is 3.33. The summed E-state index contributed by atoms with van der Waals surface area (Å²) in [5.41, 5.74) is 5.09. The van der Waals surface area contributed by atoms with Gasteiger partial charge in [0, 0.05) is 4.90 Å². The van der Waals surface area contributed by atoms with E-state index in [-0.39, 0.29) is 0 Å². The van der Waals surface area contributed by atoms with Crippen LogP contribution in [0.2, 0.25) is 0 Å². The molecule has 3 N–H and O–H groups in total. The molecule has 0 bridgehead atoms. The van der Waals surface area contributed by atoms with E-state index >= 15 is 0 Å². The number of amides is 1. The van der Waals surface area contributed by atoms with Crippen LogP contribution >= 0.6 is 0 Å². The Labute approximate surface area is 83.8 Å². The summed E-state index contributed by atoms with van der Waals surface area (Å²) in [6.07, 6.45) is -1.33. The summed E-state index contributed by atoms with van der Waals surface area (Å²) in [7, 11) is 0. The highest BCUT2D eigenvalue weighted by Gasteiger charge is 1.88. The van der Waals surface area contributed by atoms with Gasteiger partial charge in [-0.05, 0) is 30.1 Å². The summed E-state index contributed by atoms with van der Waals surface area (Å²) >= 11 is -2.09. The first-order valence-corrected chi connectivity index (χ1v) is 4.65. The van der Waals surface area contributed by atoms with E-state index in [4.69, 9.17) is 9.90 Å². The Hall–Kier alpha value is -1.40. The fraction of sp³-hybridized carbons (Fsp3) is 0.125. The molecule has 0 spiro atoms. The van der Waals surface area contributed by atoms with Gasteiger partial charge >= 0.3 is 6.09 Å². The minimum Gasteiger partial charge on any atom is -0.768 e. The zero-order valence-corrected chi connectivity index (χ0v) is 8.28. The van der Waals surface area contributed by atoms with Crippen LogP contribution in [0.5, 0.6) is 0 Å². The predicted molar refractivity (Wildman–Crippen MR) is 50.6 cm³/mol. The van der Waals surface area contributed by atoms with E-state index in [0.29, 0.717) is 4.90 Å². The third-order valence-electron chi connectivity index (χ3n) is 1.21. The van der Waals surface area contributed by atoms with Gasteiger partial charge in [0.25, 0.3) is 0 Å². The zero-order chi connectivity index (χ0) is 11.1. The van der Waals surface area contributed by atoms with Crippen molar-refractivity contribution >= 4 is 17.2 Å². The summed E-state index contributed by atoms with van der Waals surface area (Å²) in [6.45, 7) is 1.91. The van der Waals surface area contributed by atoms with Gasteiger partial charge in [-0.15, -0.1) is 0 Å². The molecule has 1 atom stereocenters. The summed E-state index contributed by atoms with van der Waals surface area (Å²) in [5, 5.41) is 7.19. The van der Waals surface area contributed by atoms with E-state index in [1.54, 1.807) is 24.3 Å². The Morgan fingerprint density at radius 2 is 1.79 bits per heavy atom. The van der Waals surface area contributed by atoms with Gasteiger partial charge in [0.05, 0.1) is 0 Å². The first kappa shape index (κ1) is 12.6. The lowest BCUT2D eigenvalue weighted by atomic mass is 10.2. The Morgan fingerprint density at radius 1 is 1.43 bits per heavy atom. The summed E-state index contributed by atoms with van der Waals surface area (Å²) in [5.74, 6) is 0. The van der Waals surface area contributed by atoms with Gasteiger partial charge in [0.1, 0.15) is 0 Å². The van der Waals surface area contributed by atoms with Crippen molar-refractivity contribution in [2.45, 2.75) is 11.8 Å². The van der Waals surface area contributed by atoms with E-state index in [2.05, 4.69) is 5.73 Å². The maximum absolute atomic E-state index is 10.3. The van der Waals surface area contributed by atoms with Gasteiger partial charge in [0.2, 0.25) is 0 Å². The fourth-order valence-electron chi connectivity index (χ4n) is 0.649. The maximum atomic E-state index is 10.3. The first-order chi connectivity index (χ1) is 6.43. The van der Waals surface area contributed by atoms with Crippen molar-refractivity contribution in [1.82, 2.24) is 0 Å². The fourth-order valence-corrected chi connectivity index (χ4v) is 1.01. The molecular weight excluding hydrogens is 206 g/mol. The number of rotatable bonds is 1. The number of primary amides is 1. The molecule has 0 aliphatic heterocycles. The highest BCUT2D eigenvalue weighted by molar-refractivity contribution is 7.79. The van der Waals surface area contributed by atoms with Gasteiger partial charge in [-0.2, -0.15) is 0 Å². The Balaban J connectivity index is 0.000000364. The number of carboxylic acid groups (broad SMARTS) is 1. The Bertz CT molecular complexity index is 319. The second kappa shape index (κ2) is 6.11. The highest BCUT2D eigenvalue weighted by Crippen LogP contribution is 2.05. The molecule has 1 aromatic rings. The number of benzene rings is 1. The van der Waals surface area contributed by atoms with Crippen LogP contribution in [-0.2, 0) is 11.1 Å². The predicted octanol–water partition coefficient (Wildman–Crippen LogP) is 0.856. The molecule has 0 aromatic heterocycles. The van der Waals surface area contributed by atoms with Crippen molar-refractivity contribution in [3.63, 3.8) is 0 Å². The molecule has 1 aromatic carbocycles. The molecule has 5 nitrogen and oxygen atoms in total. The second-order valence-electron chi connectivity index (χ2n) is 2.39. The van der Waals surface area contributed by atoms with E-state index in [1.165, 1.54) is 0 Å². The molecule has 1 rings (SSSR count). The Kier molecular flexibility index (Phi) is 5.50. The lowest BCUT2D eigenvalue weighted by molar-refractivity contribution is 0.205. The molecule has 0 radical (unpaired) electrons. The third-order valence-corrected chi connectivity index (χ3v) is 1.87. The van der Waals surface area contributed by atoms with E-state index in [0.717, 1.165) is 5.56 Å². The molecule has 0 saturated heterocycles. The molecule has 14 heavy (non-hydrogen) atoms. The van der Waals surface area contributed by atoms with Crippen LogP contribution in [0, 0.1) is 6.92 Å². The normalized spacial score (nSPS) is 11.0. The van der Waals surface area contributed by atoms with Crippen molar-refractivity contribution in [1.29, 1.82) is 0 Å². The number of hydrogen-bond donors (Lipinski definition) is 2. The molecule has 6 heteroatoms. The molecule has 1 amide bonds. The van der Waals surface area contributed by atoms with Gasteiger partial charge in [-0.1, -0.05) is 17.7 Å². The van der Waals surface area contributed by atoms with E-state index < -0.39 is 17.2 Å². The zero-order valence-electron chi connectivity index (χ0n) is 7.47. The van der Waals surface area contributed by atoms with Gasteiger partial charge in [-0.25, -0.2) is 4.79 Å². The van der Waals surface area contributed by atoms with Gasteiger partial charge in [0.15, 0.2) is 0 Å². The Morgan fingerprint density at radius 3 is 2.07 bits per heavy atom. The van der Waals surface area contributed by atoms with Crippen LogP contribution in [-0.4, -0.2) is 20.0 Å². The van der Waals surface area contributed by atoms with Crippen molar-refractivity contribution in [2.75, 3.05) is 0 Å². The lowest BCUT2D eigenvalue weighted by Gasteiger charge is -2.03. The minimum atomic E-state index is -2.09. The van der Waals surface area contributed by atoms with E-state index in [1.807, 2.05) is 6.92 Å². The average Bonchev–Trinajstić information content (AvgIpc) is 2.03. The third kappa shape index (κ3) is 6.15. The standard InChI is InChI=1S/C7H8O2S.CH3NO2/c1-6-2-4-7(5-3-6)10(8)9;2-1(3)4/h2-5H,1H3,(H,8,9);2H2,(H,3,4)/p-1. The first-order valence-electron chi connectivity index (χ1n) is 3.58. The van der Waals surface area contributed by atoms with Crippen molar-refractivity contribution in [3.8, 4) is 0 Å². The van der Waals surface area contributed by atoms with Crippen LogP contribution in [0.1, 0.15) is 5.56 Å². The number of nitrogens with two attached hydrogens (primary N) is 1. The van der Waals surface area contributed by atoms with E-state index in [9.17, 15) is 8.76 Å². The average molecular weight is 216 g/mol. The molecule has 0 aliphatic carbocycles. The molecule has 0 fully saturated rings. The van der Waals surface area contributed by atoms with Crippen LogP contribution in [0.4, 0.5) is 4.79 Å². The highest BCUT2D eigenvalue weighted by atomic mass is 32.2. The smallest absolute Gasteiger partial charge is 0.402 e. The molecular formula is C8H10NO4S-. The van der Waals surface area contributed by atoms with Crippen LogP contribution in [0.15, 0.2) is 29.2 Å². The molecule has 78 valence electrons. The number of aryl methyl sites for hydroxylation is 1. The van der Waals surface area contributed by atoms with Crippen LogP contribution in [0.25, 0.3) is 0 Å². The van der Waals surface area contributed by atoms with Crippen LogP contribution in [0.3, 0.4) is 0 Å². The van der Waals surface area contributed by atoms with Gasteiger partial charge < -0.3 is 15.4 Å². The molecule has 1 unspecified atom stereocenters. The van der Waals surface area contributed by atoms with Crippen molar-refractivity contribution < 1.29 is 18.7 Å². The number of carbonyl (C=O) groups is 1. The largest absolute Gasteiger partial charge is 0.768 e. The summed E-state index contributed by atoms with van der Waals surface area (Å²) in [6, 6.07) is 6.70. The maximum Gasteiger partial charge on any atom is 0.402 e. The van der Waals surface area contributed by atoms with Crippen molar-refractivity contribution in [3.05, 3.63) is 29.8 Å². The summed E-state index contributed by atoms with van der Waals surface area (Å²) < 4.78 is 20.6. The number of hydrogen-bond acceptors (Lipinski definition) is 3. The van der Waals surface area contributed by atoms with Crippen LogP contribution < -0.4 is 5.73 Å². The topological polar surface area (TPSA) is 103 Å². The lowest BCUT2D eigenvalue weighted by Crippen LogP contribution is -2.03. The molecule has 0 aliphatic rings. The molecule has 0 saturated carbocycles. The summed E-state index contributed by atoms with van der Waals surface area (Å²) in [4.78, 5) is 9.12. The monoisotopic (exact) mass is 216 g/mol. The molecule has 0 heterocycles. The van der Waals surface area contributed by atoms with Crippen molar-refractivity contribution in [2.24, 2.45) is 5.73 Å². The SMILES string of the molecule is Cc1ccc(S(=O)[O-])cc1.NC(=O)O. The quantitative estimate of drug-likeness (QED) is 0.679.